The van der Waals surface area contributed by atoms with Gasteiger partial charge >= 0.3 is 0 Å². The van der Waals surface area contributed by atoms with Crippen molar-refractivity contribution >= 4 is 28.7 Å². The van der Waals surface area contributed by atoms with Crippen molar-refractivity contribution in [1.29, 1.82) is 0 Å². The maximum atomic E-state index is 13.6. The van der Waals surface area contributed by atoms with Crippen LogP contribution in [0.1, 0.15) is 22.8 Å². The highest BCUT2D eigenvalue weighted by molar-refractivity contribution is 7.10. The Bertz CT molecular complexity index is 788. The molecule has 1 amide bonds. The topological polar surface area (TPSA) is 37.4 Å². The van der Waals surface area contributed by atoms with Gasteiger partial charge in [-0.3, -0.25) is 9.59 Å². The lowest BCUT2D eigenvalue weighted by Crippen LogP contribution is -2.45. The first-order chi connectivity index (χ1) is 10.6. The van der Waals surface area contributed by atoms with E-state index in [4.69, 9.17) is 0 Å². The molecule has 1 fully saturated rings. The molecule has 0 bridgehead atoms. The number of amides is 1. The molecule has 0 unspecified atom stereocenters. The molecule has 2 aliphatic heterocycles. The third-order valence-corrected chi connectivity index (χ3v) is 5.31. The van der Waals surface area contributed by atoms with Crippen LogP contribution in [0.5, 0.6) is 0 Å². The van der Waals surface area contributed by atoms with Crippen molar-refractivity contribution in [2.45, 2.75) is 24.8 Å². The van der Waals surface area contributed by atoms with Crippen molar-refractivity contribution in [2.24, 2.45) is 0 Å². The number of fused-ring (bicyclic) bond motifs is 3. The normalized spacial score (nSPS) is 23.6. The molecule has 0 N–H and O–H groups in total. The fourth-order valence-electron chi connectivity index (χ4n) is 3.38. The van der Waals surface area contributed by atoms with Gasteiger partial charge < -0.3 is 4.90 Å². The molecule has 2 aromatic rings. The molecule has 2 aliphatic rings. The molecule has 6 heteroatoms. The van der Waals surface area contributed by atoms with E-state index in [0.717, 1.165) is 17.0 Å². The van der Waals surface area contributed by atoms with Crippen LogP contribution < -0.4 is 4.90 Å². The summed E-state index contributed by atoms with van der Waals surface area (Å²) in [4.78, 5) is 27.2. The number of hydrogen-bond acceptors (Lipinski definition) is 3. The average molecular weight is 319 g/mol. The van der Waals surface area contributed by atoms with Crippen LogP contribution in [0, 0.1) is 11.6 Å². The molecule has 3 heterocycles. The minimum absolute atomic E-state index is 0.0306. The number of Topliss-reactive ketones (excluding diaryl/α,β-unsaturated/α-hetero) is 1. The summed E-state index contributed by atoms with van der Waals surface area (Å²) in [5.74, 6) is -2.54. The number of anilines is 1. The van der Waals surface area contributed by atoms with Crippen molar-refractivity contribution in [1.82, 2.24) is 0 Å². The minimum atomic E-state index is -1.00. The fourth-order valence-corrected chi connectivity index (χ4v) is 4.24. The van der Waals surface area contributed by atoms with E-state index in [9.17, 15) is 18.4 Å². The van der Waals surface area contributed by atoms with Crippen LogP contribution in [0.15, 0.2) is 29.6 Å². The molecular formula is C16H11F2NO2S. The van der Waals surface area contributed by atoms with Gasteiger partial charge in [0.05, 0.1) is 5.69 Å². The highest BCUT2D eigenvalue weighted by atomic mass is 32.1. The Kier molecular flexibility index (Phi) is 2.91. The maximum Gasteiger partial charge on any atom is 0.228 e. The Morgan fingerprint density at radius 3 is 2.68 bits per heavy atom. The lowest BCUT2D eigenvalue weighted by molar-refractivity contribution is -0.122. The van der Waals surface area contributed by atoms with Crippen molar-refractivity contribution in [2.75, 3.05) is 4.90 Å². The summed E-state index contributed by atoms with van der Waals surface area (Å²) in [7, 11) is 0. The van der Waals surface area contributed by atoms with Crippen LogP contribution >= 0.6 is 11.3 Å². The molecule has 4 rings (SSSR count). The van der Waals surface area contributed by atoms with Gasteiger partial charge in [-0.15, -0.1) is 11.3 Å². The van der Waals surface area contributed by atoms with Gasteiger partial charge in [0.25, 0.3) is 0 Å². The van der Waals surface area contributed by atoms with Crippen LogP contribution in [0.4, 0.5) is 14.5 Å². The van der Waals surface area contributed by atoms with E-state index >= 15 is 0 Å². The Morgan fingerprint density at radius 2 is 1.95 bits per heavy atom. The van der Waals surface area contributed by atoms with Gasteiger partial charge in [0, 0.05) is 29.7 Å². The highest BCUT2D eigenvalue weighted by Crippen LogP contribution is 2.44. The summed E-state index contributed by atoms with van der Waals surface area (Å²) in [5.41, 5.74) is 0.702. The Balaban J connectivity index is 1.84. The number of nitrogens with zero attached hydrogens (tertiary/aromatic N) is 1. The van der Waals surface area contributed by atoms with Gasteiger partial charge in [-0.2, -0.15) is 0 Å². The van der Waals surface area contributed by atoms with Crippen molar-refractivity contribution < 1.29 is 18.4 Å². The molecule has 3 nitrogen and oxygen atoms in total. The number of carbonyl (C=O) groups excluding carboxylic acids is 2. The predicted molar refractivity (Wildman–Crippen MR) is 78.0 cm³/mol. The number of carbonyl (C=O) groups is 2. The molecule has 22 heavy (non-hydrogen) atoms. The quantitative estimate of drug-likeness (QED) is 0.810. The lowest BCUT2D eigenvalue weighted by Gasteiger charge is -2.33. The SMILES string of the molecule is O=C1Cc2cc(F)c(F)cc2N2C(=O)C[C@@H](c3cccs3)[C@H]12. The number of hydrogen-bond donors (Lipinski definition) is 0. The van der Waals surface area contributed by atoms with Crippen molar-refractivity contribution in [3.63, 3.8) is 0 Å². The number of ketones is 1. The molecule has 1 aromatic heterocycles. The molecule has 0 saturated carbocycles. The van der Waals surface area contributed by atoms with Crippen LogP contribution in [0.3, 0.4) is 0 Å². The zero-order valence-corrected chi connectivity index (χ0v) is 12.2. The van der Waals surface area contributed by atoms with E-state index < -0.39 is 17.7 Å². The van der Waals surface area contributed by atoms with Gasteiger partial charge in [0.1, 0.15) is 6.04 Å². The van der Waals surface area contributed by atoms with Crippen molar-refractivity contribution in [3.05, 3.63) is 51.7 Å². The smallest absolute Gasteiger partial charge is 0.228 e. The molecule has 0 aliphatic carbocycles. The Labute approximate surface area is 129 Å². The maximum absolute atomic E-state index is 13.6. The second kappa shape index (κ2) is 4.71. The third kappa shape index (κ3) is 1.83. The first kappa shape index (κ1) is 13.6. The fraction of sp³-hybridized carbons (Fsp3) is 0.250. The Morgan fingerprint density at radius 1 is 1.18 bits per heavy atom. The van der Waals surface area contributed by atoms with Gasteiger partial charge in [-0.1, -0.05) is 6.07 Å². The lowest BCUT2D eigenvalue weighted by atomic mass is 9.88. The van der Waals surface area contributed by atoms with Crippen molar-refractivity contribution in [3.8, 4) is 0 Å². The van der Waals surface area contributed by atoms with E-state index in [1.54, 1.807) is 0 Å². The zero-order valence-electron chi connectivity index (χ0n) is 11.4. The first-order valence-electron chi connectivity index (χ1n) is 6.92. The summed E-state index contributed by atoms with van der Waals surface area (Å²) in [5, 5.41) is 1.90. The van der Waals surface area contributed by atoms with E-state index in [0.29, 0.717) is 11.3 Å². The van der Waals surface area contributed by atoms with Crippen LogP contribution in [-0.4, -0.2) is 17.7 Å². The molecule has 1 saturated heterocycles. The predicted octanol–water partition coefficient (Wildman–Crippen LogP) is 3.04. The van der Waals surface area contributed by atoms with Gasteiger partial charge in [0.2, 0.25) is 5.91 Å². The van der Waals surface area contributed by atoms with Crippen LogP contribution in [-0.2, 0) is 16.0 Å². The summed E-state index contributed by atoms with van der Waals surface area (Å²) in [6.45, 7) is 0. The second-order valence-electron chi connectivity index (χ2n) is 5.57. The molecule has 0 radical (unpaired) electrons. The standard InChI is InChI=1S/C16H11F2NO2S/c17-10-4-8-5-13(20)16-9(14-2-1-3-22-14)6-15(21)19(16)12(8)7-11(10)18/h1-4,7,9,16H,5-6H2/t9-,16+/m0/s1. The summed E-state index contributed by atoms with van der Waals surface area (Å²) in [6, 6.07) is 5.22. The monoisotopic (exact) mass is 319 g/mol. The van der Waals surface area contributed by atoms with Gasteiger partial charge in [0.15, 0.2) is 17.4 Å². The van der Waals surface area contributed by atoms with E-state index in [1.165, 1.54) is 16.2 Å². The third-order valence-electron chi connectivity index (χ3n) is 4.31. The van der Waals surface area contributed by atoms with Crippen LogP contribution in [0.25, 0.3) is 0 Å². The van der Waals surface area contributed by atoms with E-state index in [2.05, 4.69) is 0 Å². The van der Waals surface area contributed by atoms with Crippen LogP contribution in [0.2, 0.25) is 0 Å². The first-order valence-corrected chi connectivity index (χ1v) is 7.80. The highest BCUT2D eigenvalue weighted by Gasteiger charge is 2.48. The molecule has 1 aromatic carbocycles. The summed E-state index contributed by atoms with van der Waals surface area (Å²) in [6.07, 6.45) is 0.248. The number of benzene rings is 1. The molecule has 0 spiro atoms. The summed E-state index contributed by atoms with van der Waals surface area (Å²) >= 11 is 1.50. The van der Waals surface area contributed by atoms with Gasteiger partial charge in [-0.05, 0) is 23.1 Å². The molecule has 112 valence electrons. The Hall–Kier alpha value is -2.08. The van der Waals surface area contributed by atoms with E-state index in [-0.39, 0.29) is 30.4 Å². The number of thiophene rings is 1. The largest absolute Gasteiger partial charge is 0.301 e. The molecule has 2 atom stereocenters. The second-order valence-corrected chi connectivity index (χ2v) is 6.55. The zero-order chi connectivity index (χ0) is 15.4. The number of rotatable bonds is 1. The summed E-state index contributed by atoms with van der Waals surface area (Å²) < 4.78 is 26.9. The van der Waals surface area contributed by atoms with E-state index in [1.807, 2.05) is 17.5 Å². The minimum Gasteiger partial charge on any atom is -0.301 e. The average Bonchev–Trinajstić information content (AvgIpc) is 3.09. The molecular weight excluding hydrogens is 308 g/mol. The number of halogens is 2. The van der Waals surface area contributed by atoms with Gasteiger partial charge in [-0.25, -0.2) is 8.78 Å².